The van der Waals surface area contributed by atoms with Crippen molar-refractivity contribution in [2.45, 2.75) is 44.6 Å². The van der Waals surface area contributed by atoms with Gasteiger partial charge < -0.3 is 38.7 Å². The number of aryl methyl sites for hydroxylation is 1. The van der Waals surface area contributed by atoms with Gasteiger partial charge in [0.2, 0.25) is 11.7 Å². The van der Waals surface area contributed by atoms with Crippen LogP contribution in [0.3, 0.4) is 0 Å². The van der Waals surface area contributed by atoms with Crippen LogP contribution in [-0.2, 0) is 4.74 Å². The molecule has 0 saturated carbocycles. The second-order valence-electron chi connectivity index (χ2n) is 7.91. The molecule has 0 amide bonds. The van der Waals surface area contributed by atoms with Gasteiger partial charge in [-0.25, -0.2) is 0 Å². The quantitative estimate of drug-likeness (QED) is 0.526. The number of hydrogen-bond donors (Lipinski definition) is 3. The topological polar surface area (TPSA) is 128 Å². The molecule has 33 heavy (non-hydrogen) atoms. The van der Waals surface area contributed by atoms with Gasteiger partial charge in [0.05, 0.1) is 25.9 Å². The molecule has 3 aromatic rings. The van der Waals surface area contributed by atoms with Crippen molar-refractivity contribution in [3.63, 3.8) is 0 Å². The fraction of sp³-hybridized carbons (Fsp3) is 0.375. The van der Waals surface area contributed by atoms with Crippen LogP contribution in [0.1, 0.15) is 12.5 Å². The van der Waals surface area contributed by atoms with Gasteiger partial charge in [0.1, 0.15) is 52.8 Å². The molecule has 0 unspecified atom stereocenters. The van der Waals surface area contributed by atoms with Crippen LogP contribution in [-0.4, -0.2) is 60.2 Å². The summed E-state index contributed by atoms with van der Waals surface area (Å²) in [7, 11) is 2.98. The van der Waals surface area contributed by atoms with Crippen molar-refractivity contribution in [2.24, 2.45) is 0 Å². The van der Waals surface area contributed by atoms with E-state index in [4.69, 9.17) is 23.4 Å². The molecule has 1 aliphatic rings. The minimum absolute atomic E-state index is 0.216. The highest BCUT2D eigenvalue weighted by molar-refractivity contribution is 5.91. The lowest BCUT2D eigenvalue weighted by Gasteiger charge is -2.39. The predicted molar refractivity (Wildman–Crippen MR) is 119 cm³/mol. The average molecular weight is 458 g/mol. The summed E-state index contributed by atoms with van der Waals surface area (Å²) in [5.74, 6) is 1.12. The maximum absolute atomic E-state index is 13.4. The van der Waals surface area contributed by atoms with E-state index >= 15 is 0 Å². The van der Waals surface area contributed by atoms with Crippen LogP contribution in [0, 0.1) is 6.92 Å². The second-order valence-corrected chi connectivity index (χ2v) is 7.91. The monoisotopic (exact) mass is 458 g/mol. The number of aliphatic hydroxyl groups excluding tert-OH is 3. The Morgan fingerprint density at radius 2 is 1.64 bits per heavy atom. The summed E-state index contributed by atoms with van der Waals surface area (Å²) in [6, 6.07) is 8.53. The van der Waals surface area contributed by atoms with Crippen LogP contribution in [0.2, 0.25) is 0 Å². The number of hydrogen-bond acceptors (Lipinski definition) is 9. The Kier molecular flexibility index (Phi) is 6.31. The lowest BCUT2D eigenvalue weighted by molar-refractivity contribution is -0.268. The lowest BCUT2D eigenvalue weighted by atomic mass is 10.00. The summed E-state index contributed by atoms with van der Waals surface area (Å²) in [5, 5.41) is 30.5. The first-order chi connectivity index (χ1) is 15.8. The van der Waals surface area contributed by atoms with Crippen molar-refractivity contribution in [1.29, 1.82) is 0 Å². The largest absolute Gasteiger partial charge is 0.497 e. The first kappa shape index (κ1) is 23.1. The molecule has 4 rings (SSSR count). The van der Waals surface area contributed by atoms with Crippen molar-refractivity contribution >= 4 is 11.0 Å². The normalized spacial score (nSPS) is 25.1. The minimum atomic E-state index is -1.48. The molecule has 1 aromatic heterocycles. The molecule has 9 heteroatoms. The van der Waals surface area contributed by atoms with Crippen LogP contribution < -0.4 is 19.6 Å². The van der Waals surface area contributed by atoms with Gasteiger partial charge >= 0.3 is 0 Å². The first-order valence-electron chi connectivity index (χ1n) is 10.4. The maximum atomic E-state index is 13.4. The molecule has 0 aliphatic carbocycles. The van der Waals surface area contributed by atoms with Crippen LogP contribution >= 0.6 is 0 Å². The molecule has 9 nitrogen and oxygen atoms in total. The summed E-state index contributed by atoms with van der Waals surface area (Å²) >= 11 is 0. The molecule has 1 fully saturated rings. The van der Waals surface area contributed by atoms with Gasteiger partial charge in [0.25, 0.3) is 0 Å². The predicted octanol–water partition coefficient (Wildman–Crippen LogP) is 1.99. The van der Waals surface area contributed by atoms with Gasteiger partial charge in [-0.1, -0.05) is 12.1 Å². The summed E-state index contributed by atoms with van der Waals surface area (Å²) in [6.45, 7) is 3.25. The zero-order chi connectivity index (χ0) is 23.9. The number of aliphatic hydroxyl groups is 3. The molecule has 3 N–H and O–H groups in total. The average Bonchev–Trinajstić information content (AvgIpc) is 2.83. The van der Waals surface area contributed by atoms with E-state index in [1.165, 1.54) is 19.4 Å². The lowest BCUT2D eigenvalue weighted by Crippen LogP contribution is -2.58. The number of benzene rings is 2. The maximum Gasteiger partial charge on any atom is 0.229 e. The Hall–Kier alpha value is -3.11. The van der Waals surface area contributed by atoms with Crippen molar-refractivity contribution in [1.82, 2.24) is 0 Å². The highest BCUT2D eigenvalue weighted by Crippen LogP contribution is 2.37. The summed E-state index contributed by atoms with van der Waals surface area (Å²) < 4.78 is 27.8. The Labute approximate surface area is 189 Å². The van der Waals surface area contributed by atoms with Gasteiger partial charge in [0, 0.05) is 11.6 Å². The van der Waals surface area contributed by atoms with E-state index in [2.05, 4.69) is 0 Å². The molecule has 2 heterocycles. The Bertz CT molecular complexity index is 1200. The molecule has 2 aromatic carbocycles. The van der Waals surface area contributed by atoms with E-state index < -0.39 is 30.7 Å². The summed E-state index contributed by atoms with van der Waals surface area (Å²) in [5.41, 5.74) is 1.47. The SMILES string of the molecule is COc1ccc(-c2coc3c(C)c(O[C@H]4O[C@H](C)[C@H](O)[C@@H](O)[C@H]4O)cc(OC)c3c2=O)cc1. The molecule has 1 saturated heterocycles. The molecule has 0 radical (unpaired) electrons. The van der Waals surface area contributed by atoms with E-state index in [1.807, 2.05) is 0 Å². The smallest absolute Gasteiger partial charge is 0.229 e. The molecule has 0 bridgehead atoms. The van der Waals surface area contributed by atoms with E-state index in [-0.39, 0.29) is 27.9 Å². The van der Waals surface area contributed by atoms with Crippen molar-refractivity contribution < 1.29 is 38.7 Å². The Morgan fingerprint density at radius 1 is 0.939 bits per heavy atom. The van der Waals surface area contributed by atoms with Gasteiger partial charge in [-0.05, 0) is 31.5 Å². The first-order valence-corrected chi connectivity index (χ1v) is 10.4. The van der Waals surface area contributed by atoms with Crippen LogP contribution in [0.4, 0.5) is 0 Å². The van der Waals surface area contributed by atoms with E-state index in [9.17, 15) is 20.1 Å². The molecular weight excluding hydrogens is 432 g/mol. The van der Waals surface area contributed by atoms with Crippen molar-refractivity contribution in [2.75, 3.05) is 14.2 Å². The van der Waals surface area contributed by atoms with Gasteiger partial charge in [-0.2, -0.15) is 0 Å². The van der Waals surface area contributed by atoms with Gasteiger partial charge in [-0.15, -0.1) is 0 Å². The fourth-order valence-electron chi connectivity index (χ4n) is 3.87. The standard InChI is InChI=1S/C24H26O9/c1-11-16(33-24-22(28)21(27)19(25)12(2)32-24)9-17(30-4)18-20(26)15(10-31-23(11)18)13-5-7-14(29-3)8-6-13/h5-10,12,19,21-22,24-25,27-28H,1-4H3/t12-,19+,21-,22-,24-/m1/s1. The number of rotatable bonds is 5. The van der Waals surface area contributed by atoms with E-state index in [0.717, 1.165) is 0 Å². The summed E-state index contributed by atoms with van der Waals surface area (Å²) in [4.78, 5) is 13.4. The Balaban J connectivity index is 1.77. The van der Waals surface area contributed by atoms with Crippen LogP contribution in [0.25, 0.3) is 22.1 Å². The van der Waals surface area contributed by atoms with Gasteiger partial charge in [0.15, 0.2) is 0 Å². The third kappa shape index (κ3) is 4.04. The minimum Gasteiger partial charge on any atom is -0.497 e. The summed E-state index contributed by atoms with van der Waals surface area (Å²) in [6.07, 6.45) is -4.81. The Morgan fingerprint density at radius 3 is 2.27 bits per heavy atom. The van der Waals surface area contributed by atoms with Crippen LogP contribution in [0.5, 0.6) is 17.2 Å². The van der Waals surface area contributed by atoms with Crippen molar-refractivity contribution in [3.8, 4) is 28.4 Å². The highest BCUT2D eigenvalue weighted by atomic mass is 16.7. The van der Waals surface area contributed by atoms with Gasteiger partial charge in [-0.3, -0.25) is 4.79 Å². The highest BCUT2D eigenvalue weighted by Gasteiger charge is 2.43. The fourth-order valence-corrected chi connectivity index (χ4v) is 3.87. The number of fused-ring (bicyclic) bond motifs is 1. The zero-order valence-corrected chi connectivity index (χ0v) is 18.6. The number of ether oxygens (including phenoxy) is 4. The molecule has 176 valence electrons. The number of methoxy groups -OCH3 is 2. The van der Waals surface area contributed by atoms with Crippen LogP contribution in [0.15, 0.2) is 45.8 Å². The van der Waals surface area contributed by atoms with Crippen molar-refractivity contribution in [3.05, 3.63) is 52.4 Å². The van der Waals surface area contributed by atoms with E-state index in [1.54, 1.807) is 45.2 Å². The zero-order valence-electron chi connectivity index (χ0n) is 18.6. The molecular formula is C24H26O9. The van der Waals surface area contributed by atoms with E-state index in [0.29, 0.717) is 22.4 Å². The molecule has 0 spiro atoms. The third-order valence-electron chi connectivity index (χ3n) is 5.88. The third-order valence-corrected chi connectivity index (χ3v) is 5.88. The molecule has 1 aliphatic heterocycles. The molecule has 5 atom stereocenters. The second kappa shape index (κ2) is 9.03.